The van der Waals surface area contributed by atoms with Gasteiger partial charge < -0.3 is 0 Å². The van der Waals surface area contributed by atoms with E-state index in [-0.39, 0.29) is 0 Å². The van der Waals surface area contributed by atoms with Crippen LogP contribution in [-0.4, -0.2) is 0 Å². The number of hydrogen-bond acceptors (Lipinski definition) is 0. The maximum atomic E-state index is 2.42. The molecule has 0 bridgehead atoms. The molecule has 0 N–H and O–H groups in total. The first-order chi connectivity index (χ1) is 9.81. The second kappa shape index (κ2) is 17.1. The van der Waals surface area contributed by atoms with E-state index >= 15 is 0 Å². The van der Waals surface area contributed by atoms with Crippen molar-refractivity contribution in [3.63, 3.8) is 0 Å². The van der Waals surface area contributed by atoms with E-state index < -0.39 is 0 Å². The largest absolute Gasteiger partial charge is 0.0654 e. The molecule has 0 aliphatic rings. The molecule has 0 radical (unpaired) electrons. The van der Waals surface area contributed by atoms with Crippen LogP contribution in [0.15, 0.2) is 0 Å². The van der Waals surface area contributed by atoms with Gasteiger partial charge in [-0.25, -0.2) is 0 Å². The van der Waals surface area contributed by atoms with Gasteiger partial charge in [-0.15, -0.1) is 0 Å². The van der Waals surface area contributed by atoms with E-state index in [9.17, 15) is 0 Å². The summed E-state index contributed by atoms with van der Waals surface area (Å²) in [6.45, 7) is 7.02. The lowest BCUT2D eigenvalue weighted by atomic mass is 9.98. The molecule has 122 valence electrons. The van der Waals surface area contributed by atoms with Crippen LogP contribution in [0.25, 0.3) is 0 Å². The lowest BCUT2D eigenvalue weighted by Crippen LogP contribution is -1.93. The van der Waals surface area contributed by atoms with E-state index in [1.54, 1.807) is 0 Å². The molecule has 0 aliphatic heterocycles. The van der Waals surface area contributed by atoms with E-state index in [0.29, 0.717) is 0 Å². The Morgan fingerprint density at radius 1 is 0.450 bits per heavy atom. The van der Waals surface area contributed by atoms with Gasteiger partial charge in [0.1, 0.15) is 0 Å². The highest BCUT2D eigenvalue weighted by molar-refractivity contribution is 4.54. The van der Waals surface area contributed by atoms with Crippen LogP contribution < -0.4 is 0 Å². The van der Waals surface area contributed by atoms with E-state index in [4.69, 9.17) is 0 Å². The Labute approximate surface area is 130 Å². The normalized spacial score (nSPS) is 12.8. The van der Waals surface area contributed by atoms with Crippen molar-refractivity contribution in [3.8, 4) is 0 Å². The molecule has 20 heavy (non-hydrogen) atoms. The summed E-state index contributed by atoms with van der Waals surface area (Å²) < 4.78 is 0. The van der Waals surface area contributed by atoms with E-state index in [2.05, 4.69) is 20.8 Å². The van der Waals surface area contributed by atoms with Gasteiger partial charge in [-0.05, 0) is 5.92 Å². The molecule has 0 rings (SSSR count). The molecule has 0 heterocycles. The van der Waals surface area contributed by atoms with Crippen LogP contribution in [0.3, 0.4) is 0 Å². The van der Waals surface area contributed by atoms with Crippen LogP contribution in [0.2, 0.25) is 0 Å². The molecule has 0 saturated heterocycles. The summed E-state index contributed by atoms with van der Waals surface area (Å²) in [5.41, 5.74) is 0. The van der Waals surface area contributed by atoms with Gasteiger partial charge in [0.15, 0.2) is 0 Å². The molecule has 1 unspecified atom stereocenters. The maximum absolute atomic E-state index is 2.42. The quantitative estimate of drug-likeness (QED) is 0.252. The first-order valence-electron chi connectivity index (χ1n) is 9.81. The third-order valence-corrected chi connectivity index (χ3v) is 4.58. The Morgan fingerprint density at radius 3 is 1.25 bits per heavy atom. The number of rotatable bonds is 16. The fourth-order valence-electron chi connectivity index (χ4n) is 3.15. The highest BCUT2D eigenvalue weighted by Crippen LogP contribution is 2.16. The zero-order chi connectivity index (χ0) is 14.9. The minimum Gasteiger partial charge on any atom is -0.0654 e. The summed E-state index contributed by atoms with van der Waals surface area (Å²) >= 11 is 0. The summed E-state index contributed by atoms with van der Waals surface area (Å²) in [4.78, 5) is 0. The maximum Gasteiger partial charge on any atom is -0.0443 e. The summed E-state index contributed by atoms with van der Waals surface area (Å²) in [5, 5.41) is 0. The van der Waals surface area contributed by atoms with Gasteiger partial charge in [0.05, 0.1) is 0 Å². The van der Waals surface area contributed by atoms with Gasteiger partial charge in [0.25, 0.3) is 0 Å². The fourth-order valence-corrected chi connectivity index (χ4v) is 3.15. The molecule has 0 heteroatoms. The Balaban J connectivity index is 2.99. The van der Waals surface area contributed by atoms with Crippen molar-refractivity contribution in [2.45, 2.75) is 124 Å². The van der Waals surface area contributed by atoms with Crippen molar-refractivity contribution in [1.29, 1.82) is 0 Å². The first-order valence-corrected chi connectivity index (χ1v) is 9.81. The minimum absolute atomic E-state index is 0.965. The zero-order valence-electron chi connectivity index (χ0n) is 14.9. The van der Waals surface area contributed by atoms with Crippen molar-refractivity contribution in [2.75, 3.05) is 0 Å². The second-order valence-electron chi connectivity index (χ2n) is 6.93. The SMILES string of the molecule is CCCCCCCCCCCCCCCC(C)CCC. The average Bonchev–Trinajstić information content (AvgIpc) is 2.44. The predicted octanol–water partition coefficient (Wildman–Crippen LogP) is 7.90. The van der Waals surface area contributed by atoms with Crippen molar-refractivity contribution in [2.24, 2.45) is 5.92 Å². The van der Waals surface area contributed by atoms with Crippen LogP contribution >= 0.6 is 0 Å². The highest BCUT2D eigenvalue weighted by Gasteiger charge is 2.00. The molecule has 0 aromatic heterocycles. The topological polar surface area (TPSA) is 0 Å². The van der Waals surface area contributed by atoms with E-state index in [1.165, 1.54) is 103 Å². The molecule has 0 spiro atoms. The summed E-state index contributed by atoms with van der Waals surface area (Å²) in [6.07, 6.45) is 23.3. The summed E-state index contributed by atoms with van der Waals surface area (Å²) in [7, 11) is 0. The number of hydrogen-bond donors (Lipinski definition) is 0. The standard InChI is InChI=1S/C20H42/c1-4-6-7-8-9-10-11-12-13-14-15-16-17-19-20(3)18-5-2/h20H,4-19H2,1-3H3. The van der Waals surface area contributed by atoms with Gasteiger partial charge in [0.2, 0.25) is 0 Å². The Kier molecular flexibility index (Phi) is 17.1. The molecule has 0 fully saturated rings. The zero-order valence-corrected chi connectivity index (χ0v) is 14.9. The molecule has 0 nitrogen and oxygen atoms in total. The van der Waals surface area contributed by atoms with Gasteiger partial charge in [0, 0.05) is 0 Å². The average molecular weight is 283 g/mol. The van der Waals surface area contributed by atoms with Gasteiger partial charge in [-0.1, -0.05) is 124 Å². The minimum atomic E-state index is 0.965. The molecular formula is C20H42. The molecule has 0 amide bonds. The lowest BCUT2D eigenvalue weighted by Gasteiger charge is -2.09. The van der Waals surface area contributed by atoms with E-state index in [1.807, 2.05) is 0 Å². The van der Waals surface area contributed by atoms with E-state index in [0.717, 1.165) is 5.92 Å². The van der Waals surface area contributed by atoms with Crippen molar-refractivity contribution in [3.05, 3.63) is 0 Å². The molecule has 0 aromatic carbocycles. The molecule has 0 aromatic rings. The van der Waals surface area contributed by atoms with Gasteiger partial charge >= 0.3 is 0 Å². The monoisotopic (exact) mass is 282 g/mol. The van der Waals surface area contributed by atoms with Crippen LogP contribution in [-0.2, 0) is 0 Å². The first kappa shape index (κ1) is 20.0. The van der Waals surface area contributed by atoms with Crippen LogP contribution in [0, 0.1) is 5.92 Å². The third kappa shape index (κ3) is 16.1. The van der Waals surface area contributed by atoms with Crippen LogP contribution in [0.1, 0.15) is 124 Å². The fraction of sp³-hybridized carbons (Fsp3) is 1.00. The predicted molar refractivity (Wildman–Crippen MR) is 94.4 cm³/mol. The summed E-state index contributed by atoms with van der Waals surface area (Å²) in [6, 6.07) is 0. The second-order valence-corrected chi connectivity index (χ2v) is 6.93. The van der Waals surface area contributed by atoms with Crippen LogP contribution in [0.4, 0.5) is 0 Å². The Morgan fingerprint density at radius 2 is 0.850 bits per heavy atom. The molecule has 0 saturated carbocycles. The number of unbranched alkanes of at least 4 members (excludes halogenated alkanes) is 12. The summed E-state index contributed by atoms with van der Waals surface area (Å²) in [5.74, 6) is 0.965. The van der Waals surface area contributed by atoms with Gasteiger partial charge in [-0.2, -0.15) is 0 Å². The third-order valence-electron chi connectivity index (χ3n) is 4.58. The molecule has 0 aliphatic carbocycles. The molecular weight excluding hydrogens is 240 g/mol. The lowest BCUT2D eigenvalue weighted by molar-refractivity contribution is 0.450. The van der Waals surface area contributed by atoms with Crippen molar-refractivity contribution < 1.29 is 0 Å². The smallest absolute Gasteiger partial charge is 0.0443 e. The van der Waals surface area contributed by atoms with Crippen molar-refractivity contribution >= 4 is 0 Å². The van der Waals surface area contributed by atoms with Crippen molar-refractivity contribution in [1.82, 2.24) is 0 Å². The Bertz CT molecular complexity index is 161. The Hall–Kier alpha value is 0. The highest BCUT2D eigenvalue weighted by atomic mass is 14.1. The van der Waals surface area contributed by atoms with Crippen LogP contribution in [0.5, 0.6) is 0 Å². The molecule has 1 atom stereocenters. The van der Waals surface area contributed by atoms with Gasteiger partial charge in [-0.3, -0.25) is 0 Å².